The molecule has 2 nitrogen and oxygen atoms in total. The fourth-order valence-electron chi connectivity index (χ4n) is 1.73. The number of hydrogen-bond donors (Lipinski definition) is 1. The van der Waals surface area contributed by atoms with Gasteiger partial charge >= 0.3 is 0 Å². The van der Waals surface area contributed by atoms with E-state index in [9.17, 15) is 5.11 Å². The lowest BCUT2D eigenvalue weighted by Gasteiger charge is -2.23. The molecular formula is C11H20O2. The molecule has 1 aliphatic rings. The summed E-state index contributed by atoms with van der Waals surface area (Å²) in [4.78, 5) is 0. The minimum absolute atomic E-state index is 0.255. The van der Waals surface area contributed by atoms with Gasteiger partial charge in [-0.1, -0.05) is 13.0 Å². The van der Waals surface area contributed by atoms with Crippen LogP contribution in [0.5, 0.6) is 0 Å². The molecule has 0 fully saturated rings. The van der Waals surface area contributed by atoms with E-state index in [4.69, 9.17) is 4.74 Å². The summed E-state index contributed by atoms with van der Waals surface area (Å²) in [7, 11) is 0. The van der Waals surface area contributed by atoms with Crippen LogP contribution in [-0.2, 0) is 4.74 Å². The molecule has 2 unspecified atom stereocenters. The van der Waals surface area contributed by atoms with Crippen molar-refractivity contribution in [1.82, 2.24) is 0 Å². The molecule has 1 N–H and O–H groups in total. The molecule has 0 bridgehead atoms. The number of ether oxygens (including phenoxy) is 1. The zero-order chi connectivity index (χ0) is 9.84. The van der Waals surface area contributed by atoms with Crippen LogP contribution in [0.3, 0.4) is 0 Å². The standard InChI is InChI=1S/C11H20O2/c1-8(2)13-7-10-4-9(3)5-11(12)6-10/h6,8-9,11-12H,4-5,7H2,1-3H3. The Morgan fingerprint density at radius 1 is 1.62 bits per heavy atom. The van der Waals surface area contributed by atoms with E-state index < -0.39 is 0 Å². The molecule has 0 heterocycles. The third kappa shape index (κ3) is 3.92. The number of rotatable bonds is 3. The Hall–Kier alpha value is -0.340. The van der Waals surface area contributed by atoms with Gasteiger partial charge in [0, 0.05) is 0 Å². The highest BCUT2D eigenvalue weighted by Gasteiger charge is 2.17. The molecule has 2 heteroatoms. The van der Waals surface area contributed by atoms with Crippen molar-refractivity contribution < 1.29 is 9.84 Å². The summed E-state index contributed by atoms with van der Waals surface area (Å²) in [6.45, 7) is 6.91. The van der Waals surface area contributed by atoms with Crippen molar-refractivity contribution >= 4 is 0 Å². The lowest BCUT2D eigenvalue weighted by atomic mass is 9.89. The van der Waals surface area contributed by atoms with Gasteiger partial charge in [-0.25, -0.2) is 0 Å². The van der Waals surface area contributed by atoms with Gasteiger partial charge in [-0.15, -0.1) is 0 Å². The first-order valence-electron chi connectivity index (χ1n) is 5.07. The first kappa shape index (κ1) is 10.7. The minimum atomic E-state index is -0.255. The van der Waals surface area contributed by atoms with Crippen molar-refractivity contribution in [2.75, 3.05) is 6.61 Å². The second kappa shape index (κ2) is 4.77. The maximum Gasteiger partial charge on any atom is 0.0727 e. The van der Waals surface area contributed by atoms with Crippen LogP contribution in [0, 0.1) is 5.92 Å². The molecule has 0 saturated heterocycles. The highest BCUT2D eigenvalue weighted by molar-refractivity contribution is 5.10. The zero-order valence-electron chi connectivity index (χ0n) is 8.79. The summed E-state index contributed by atoms with van der Waals surface area (Å²) in [5.41, 5.74) is 1.25. The molecule has 0 aliphatic heterocycles. The topological polar surface area (TPSA) is 29.5 Å². The molecule has 1 rings (SSSR count). The summed E-state index contributed by atoms with van der Waals surface area (Å²) in [5.74, 6) is 0.589. The van der Waals surface area contributed by atoms with Gasteiger partial charge in [0.05, 0.1) is 18.8 Å². The third-order valence-electron chi connectivity index (χ3n) is 2.28. The third-order valence-corrected chi connectivity index (χ3v) is 2.28. The second-order valence-corrected chi connectivity index (χ2v) is 4.30. The van der Waals surface area contributed by atoms with Crippen LogP contribution >= 0.6 is 0 Å². The molecule has 1 aliphatic carbocycles. The molecule has 13 heavy (non-hydrogen) atoms. The van der Waals surface area contributed by atoms with E-state index in [0.29, 0.717) is 12.5 Å². The zero-order valence-corrected chi connectivity index (χ0v) is 8.79. The summed E-state index contributed by atoms with van der Waals surface area (Å²) < 4.78 is 5.50. The van der Waals surface area contributed by atoms with Gasteiger partial charge < -0.3 is 9.84 Å². The Balaban J connectivity index is 2.40. The number of aliphatic hydroxyl groups is 1. The molecule has 2 atom stereocenters. The molecule has 0 radical (unpaired) electrons. The smallest absolute Gasteiger partial charge is 0.0727 e. The summed E-state index contributed by atoms with van der Waals surface area (Å²) >= 11 is 0. The van der Waals surface area contributed by atoms with Crippen LogP contribution < -0.4 is 0 Å². The van der Waals surface area contributed by atoms with Crippen molar-refractivity contribution in [2.45, 2.75) is 45.8 Å². The first-order chi connectivity index (χ1) is 6.08. The fourth-order valence-corrected chi connectivity index (χ4v) is 1.73. The van der Waals surface area contributed by atoms with Crippen molar-refractivity contribution in [3.05, 3.63) is 11.6 Å². The summed E-state index contributed by atoms with van der Waals surface area (Å²) in [6, 6.07) is 0. The quantitative estimate of drug-likeness (QED) is 0.681. The van der Waals surface area contributed by atoms with Crippen molar-refractivity contribution in [2.24, 2.45) is 5.92 Å². The Kier molecular flexibility index (Phi) is 3.94. The maximum absolute atomic E-state index is 9.48. The Morgan fingerprint density at radius 2 is 2.31 bits per heavy atom. The summed E-state index contributed by atoms with van der Waals surface area (Å²) in [5, 5.41) is 9.48. The predicted octanol–water partition coefficient (Wildman–Crippen LogP) is 2.13. The van der Waals surface area contributed by atoms with Crippen LogP contribution in [0.25, 0.3) is 0 Å². The monoisotopic (exact) mass is 184 g/mol. The molecule has 0 spiro atoms. The van der Waals surface area contributed by atoms with Gasteiger partial charge in [-0.2, -0.15) is 0 Å². The lowest BCUT2D eigenvalue weighted by Crippen LogP contribution is -2.19. The lowest BCUT2D eigenvalue weighted by molar-refractivity contribution is 0.0894. The van der Waals surface area contributed by atoms with E-state index in [1.54, 1.807) is 0 Å². The Labute approximate surface area is 80.6 Å². The highest BCUT2D eigenvalue weighted by atomic mass is 16.5. The average molecular weight is 184 g/mol. The Bertz CT molecular complexity index is 185. The molecule has 0 aromatic carbocycles. The summed E-state index contributed by atoms with van der Waals surface area (Å²) in [6.07, 6.45) is 3.93. The minimum Gasteiger partial charge on any atom is -0.389 e. The van der Waals surface area contributed by atoms with E-state index in [0.717, 1.165) is 12.8 Å². The van der Waals surface area contributed by atoms with E-state index in [1.165, 1.54) is 5.57 Å². The van der Waals surface area contributed by atoms with Gasteiger partial charge in [0.1, 0.15) is 0 Å². The Morgan fingerprint density at radius 3 is 2.85 bits per heavy atom. The SMILES string of the molecule is CC1CC(COC(C)C)=CC(O)C1. The van der Waals surface area contributed by atoms with Crippen molar-refractivity contribution in [3.63, 3.8) is 0 Å². The maximum atomic E-state index is 9.48. The predicted molar refractivity (Wildman–Crippen MR) is 53.6 cm³/mol. The van der Waals surface area contributed by atoms with Crippen LogP contribution in [-0.4, -0.2) is 23.9 Å². The number of hydrogen-bond acceptors (Lipinski definition) is 2. The molecule has 0 saturated carbocycles. The van der Waals surface area contributed by atoms with Crippen molar-refractivity contribution in [3.8, 4) is 0 Å². The molecule has 0 amide bonds. The van der Waals surface area contributed by atoms with E-state index >= 15 is 0 Å². The van der Waals surface area contributed by atoms with Gasteiger partial charge in [-0.05, 0) is 38.2 Å². The largest absolute Gasteiger partial charge is 0.389 e. The fraction of sp³-hybridized carbons (Fsp3) is 0.818. The van der Waals surface area contributed by atoms with E-state index in [-0.39, 0.29) is 12.2 Å². The van der Waals surface area contributed by atoms with Gasteiger partial charge in [0.15, 0.2) is 0 Å². The first-order valence-corrected chi connectivity index (χ1v) is 5.07. The molecule has 0 aromatic heterocycles. The van der Waals surface area contributed by atoms with Crippen LogP contribution in [0.1, 0.15) is 33.6 Å². The van der Waals surface area contributed by atoms with Crippen LogP contribution in [0.4, 0.5) is 0 Å². The second-order valence-electron chi connectivity index (χ2n) is 4.30. The van der Waals surface area contributed by atoms with Crippen molar-refractivity contribution in [1.29, 1.82) is 0 Å². The number of aliphatic hydroxyl groups excluding tert-OH is 1. The average Bonchev–Trinajstić information content (AvgIpc) is 1.99. The van der Waals surface area contributed by atoms with Gasteiger partial charge in [-0.3, -0.25) is 0 Å². The van der Waals surface area contributed by atoms with Gasteiger partial charge in [0.2, 0.25) is 0 Å². The van der Waals surface area contributed by atoms with E-state index in [2.05, 4.69) is 6.92 Å². The molecule has 76 valence electrons. The molecular weight excluding hydrogens is 164 g/mol. The van der Waals surface area contributed by atoms with E-state index in [1.807, 2.05) is 19.9 Å². The molecule has 0 aromatic rings. The van der Waals surface area contributed by atoms with Gasteiger partial charge in [0.25, 0.3) is 0 Å². The normalized spacial score (nSPS) is 29.2. The highest BCUT2D eigenvalue weighted by Crippen LogP contribution is 2.24. The van der Waals surface area contributed by atoms with Crippen LogP contribution in [0.15, 0.2) is 11.6 Å². The van der Waals surface area contributed by atoms with Crippen LogP contribution in [0.2, 0.25) is 0 Å².